The van der Waals surface area contributed by atoms with E-state index in [0.717, 1.165) is 12.0 Å². The number of hydrogen-bond acceptors (Lipinski definition) is 3. The maximum absolute atomic E-state index is 11.9. The van der Waals surface area contributed by atoms with Crippen molar-refractivity contribution in [2.24, 2.45) is 5.73 Å². The SMILES string of the molecule is CSC(C(=O)NCCCN)c1ccccc1.Cl. The Morgan fingerprint density at radius 1 is 1.41 bits per heavy atom. The molecule has 0 saturated heterocycles. The fraction of sp³-hybridized carbons (Fsp3) is 0.417. The quantitative estimate of drug-likeness (QED) is 0.780. The molecule has 1 amide bonds. The summed E-state index contributed by atoms with van der Waals surface area (Å²) in [7, 11) is 0. The van der Waals surface area contributed by atoms with Crippen molar-refractivity contribution in [3.05, 3.63) is 35.9 Å². The van der Waals surface area contributed by atoms with Gasteiger partial charge in [-0.2, -0.15) is 0 Å². The van der Waals surface area contributed by atoms with Gasteiger partial charge in [-0.15, -0.1) is 24.2 Å². The molecule has 0 aliphatic heterocycles. The molecule has 0 bridgehead atoms. The fourth-order valence-corrected chi connectivity index (χ4v) is 2.16. The lowest BCUT2D eigenvalue weighted by molar-refractivity contribution is -0.120. The molecular formula is C12H19ClN2OS. The summed E-state index contributed by atoms with van der Waals surface area (Å²) in [5.41, 5.74) is 6.42. The molecule has 0 aliphatic carbocycles. The highest BCUT2D eigenvalue weighted by molar-refractivity contribution is 7.99. The van der Waals surface area contributed by atoms with Crippen molar-refractivity contribution in [1.82, 2.24) is 5.32 Å². The van der Waals surface area contributed by atoms with Crippen molar-refractivity contribution >= 4 is 30.1 Å². The number of halogens is 1. The van der Waals surface area contributed by atoms with E-state index in [1.807, 2.05) is 36.6 Å². The summed E-state index contributed by atoms with van der Waals surface area (Å²) in [4.78, 5) is 11.9. The smallest absolute Gasteiger partial charge is 0.237 e. The van der Waals surface area contributed by atoms with E-state index in [0.29, 0.717) is 13.1 Å². The van der Waals surface area contributed by atoms with E-state index in [-0.39, 0.29) is 23.6 Å². The minimum atomic E-state index is -0.126. The summed E-state index contributed by atoms with van der Waals surface area (Å²) in [5, 5.41) is 2.77. The lowest BCUT2D eigenvalue weighted by Crippen LogP contribution is -2.29. The molecule has 0 radical (unpaired) electrons. The maximum atomic E-state index is 11.9. The van der Waals surface area contributed by atoms with Crippen LogP contribution in [0.15, 0.2) is 30.3 Å². The summed E-state index contributed by atoms with van der Waals surface area (Å²) in [6, 6.07) is 9.80. The Balaban J connectivity index is 0.00000256. The lowest BCUT2D eigenvalue weighted by atomic mass is 10.1. The van der Waals surface area contributed by atoms with Gasteiger partial charge in [0.25, 0.3) is 0 Å². The van der Waals surface area contributed by atoms with Gasteiger partial charge in [0.1, 0.15) is 5.25 Å². The van der Waals surface area contributed by atoms with Crippen molar-refractivity contribution in [2.45, 2.75) is 11.7 Å². The number of carbonyl (C=O) groups excluding carboxylic acids is 1. The molecule has 0 aliphatic rings. The van der Waals surface area contributed by atoms with Crippen molar-refractivity contribution < 1.29 is 4.79 Å². The number of hydrogen-bond donors (Lipinski definition) is 2. The van der Waals surface area contributed by atoms with Gasteiger partial charge in [-0.05, 0) is 24.8 Å². The molecule has 96 valence electrons. The van der Waals surface area contributed by atoms with Crippen LogP contribution in [0.4, 0.5) is 0 Å². The predicted molar refractivity (Wildman–Crippen MR) is 76.6 cm³/mol. The molecule has 0 heterocycles. The number of benzene rings is 1. The first-order valence-electron chi connectivity index (χ1n) is 5.35. The number of thioether (sulfide) groups is 1. The third-order valence-electron chi connectivity index (χ3n) is 2.26. The molecule has 3 N–H and O–H groups in total. The van der Waals surface area contributed by atoms with Crippen LogP contribution in [0.3, 0.4) is 0 Å². The second-order valence-corrected chi connectivity index (χ2v) is 4.40. The average molecular weight is 275 g/mol. The Morgan fingerprint density at radius 3 is 2.59 bits per heavy atom. The summed E-state index contributed by atoms with van der Waals surface area (Å²) in [6.45, 7) is 1.26. The summed E-state index contributed by atoms with van der Waals surface area (Å²) >= 11 is 1.55. The van der Waals surface area contributed by atoms with E-state index in [1.165, 1.54) is 0 Å². The van der Waals surface area contributed by atoms with E-state index < -0.39 is 0 Å². The van der Waals surface area contributed by atoms with Crippen LogP contribution in [-0.4, -0.2) is 25.3 Å². The molecule has 1 aromatic rings. The minimum absolute atomic E-state index is 0. The maximum Gasteiger partial charge on any atom is 0.237 e. The molecule has 1 rings (SSSR count). The number of nitrogens with one attached hydrogen (secondary N) is 1. The van der Waals surface area contributed by atoms with Crippen LogP contribution in [0.2, 0.25) is 0 Å². The predicted octanol–water partition coefficient (Wildman–Crippen LogP) is 1.98. The van der Waals surface area contributed by atoms with Crippen molar-refractivity contribution in [1.29, 1.82) is 0 Å². The zero-order valence-corrected chi connectivity index (χ0v) is 11.5. The van der Waals surface area contributed by atoms with Crippen LogP contribution >= 0.6 is 24.2 Å². The molecule has 0 saturated carbocycles. The second-order valence-electron chi connectivity index (χ2n) is 3.46. The first kappa shape index (κ1) is 16.3. The Bertz CT molecular complexity index is 322. The molecule has 0 fully saturated rings. The van der Waals surface area contributed by atoms with E-state index in [1.54, 1.807) is 11.8 Å². The van der Waals surface area contributed by atoms with Gasteiger partial charge in [-0.3, -0.25) is 4.79 Å². The van der Waals surface area contributed by atoms with Gasteiger partial charge >= 0.3 is 0 Å². The molecule has 0 spiro atoms. The van der Waals surface area contributed by atoms with Crippen molar-refractivity contribution in [3.63, 3.8) is 0 Å². The molecule has 1 unspecified atom stereocenters. The van der Waals surface area contributed by atoms with Crippen LogP contribution < -0.4 is 11.1 Å². The van der Waals surface area contributed by atoms with Gasteiger partial charge in [-0.25, -0.2) is 0 Å². The molecule has 0 aromatic heterocycles. The molecule has 1 atom stereocenters. The van der Waals surface area contributed by atoms with Crippen LogP contribution in [0.5, 0.6) is 0 Å². The highest BCUT2D eigenvalue weighted by Crippen LogP contribution is 2.26. The van der Waals surface area contributed by atoms with Gasteiger partial charge in [0.05, 0.1) is 0 Å². The lowest BCUT2D eigenvalue weighted by Gasteiger charge is -2.14. The topological polar surface area (TPSA) is 55.1 Å². The molecule has 17 heavy (non-hydrogen) atoms. The number of carbonyl (C=O) groups is 1. The van der Waals surface area contributed by atoms with E-state index >= 15 is 0 Å². The van der Waals surface area contributed by atoms with Gasteiger partial charge in [-0.1, -0.05) is 30.3 Å². The van der Waals surface area contributed by atoms with Gasteiger partial charge < -0.3 is 11.1 Å². The van der Waals surface area contributed by atoms with Crippen molar-refractivity contribution in [3.8, 4) is 0 Å². The Morgan fingerprint density at radius 2 is 2.06 bits per heavy atom. The molecule has 1 aromatic carbocycles. The first-order valence-corrected chi connectivity index (χ1v) is 6.64. The van der Waals surface area contributed by atoms with E-state index in [4.69, 9.17) is 5.73 Å². The summed E-state index contributed by atoms with van der Waals surface area (Å²) in [6.07, 6.45) is 2.77. The highest BCUT2D eigenvalue weighted by atomic mass is 35.5. The van der Waals surface area contributed by atoms with Crippen LogP contribution in [-0.2, 0) is 4.79 Å². The van der Waals surface area contributed by atoms with E-state index in [2.05, 4.69) is 5.32 Å². The Labute approximate surface area is 113 Å². The zero-order chi connectivity index (χ0) is 11.8. The largest absolute Gasteiger partial charge is 0.355 e. The summed E-state index contributed by atoms with van der Waals surface area (Å²) in [5.74, 6) is 0.0622. The Kier molecular flexibility index (Phi) is 8.94. The molecular weight excluding hydrogens is 256 g/mol. The number of nitrogens with two attached hydrogens (primary N) is 1. The Hall–Kier alpha value is -0.710. The number of amides is 1. The van der Waals surface area contributed by atoms with Crippen LogP contribution in [0, 0.1) is 0 Å². The van der Waals surface area contributed by atoms with Gasteiger partial charge in [0, 0.05) is 6.54 Å². The average Bonchev–Trinajstić information content (AvgIpc) is 2.32. The zero-order valence-electron chi connectivity index (χ0n) is 9.89. The van der Waals surface area contributed by atoms with Gasteiger partial charge in [0.2, 0.25) is 5.91 Å². The van der Waals surface area contributed by atoms with E-state index in [9.17, 15) is 4.79 Å². The van der Waals surface area contributed by atoms with Gasteiger partial charge in [0.15, 0.2) is 0 Å². The number of rotatable bonds is 6. The third kappa shape index (κ3) is 5.44. The second kappa shape index (κ2) is 9.33. The minimum Gasteiger partial charge on any atom is -0.355 e. The monoisotopic (exact) mass is 274 g/mol. The first-order chi connectivity index (χ1) is 7.79. The third-order valence-corrected chi connectivity index (χ3v) is 3.21. The van der Waals surface area contributed by atoms with Crippen LogP contribution in [0.1, 0.15) is 17.2 Å². The van der Waals surface area contributed by atoms with Crippen LogP contribution in [0.25, 0.3) is 0 Å². The summed E-state index contributed by atoms with van der Waals surface area (Å²) < 4.78 is 0. The normalized spacial score (nSPS) is 11.4. The fourth-order valence-electron chi connectivity index (χ4n) is 1.43. The molecule has 5 heteroatoms. The standard InChI is InChI=1S/C12H18N2OS.ClH/c1-16-11(10-6-3-2-4-7-10)12(15)14-9-5-8-13;/h2-4,6-7,11H,5,8-9,13H2,1H3,(H,14,15);1H. The van der Waals surface area contributed by atoms with Crippen molar-refractivity contribution in [2.75, 3.05) is 19.3 Å². The highest BCUT2D eigenvalue weighted by Gasteiger charge is 2.18. The molecule has 3 nitrogen and oxygen atoms in total.